The highest BCUT2D eigenvalue weighted by Crippen LogP contribution is 2.33. The smallest absolute Gasteiger partial charge is 0.270 e. The van der Waals surface area contributed by atoms with Gasteiger partial charge in [-0.3, -0.25) is 4.79 Å². The van der Waals surface area contributed by atoms with Crippen molar-refractivity contribution in [3.05, 3.63) is 70.8 Å². The highest BCUT2D eigenvalue weighted by Gasteiger charge is 2.50. The molecule has 1 amide bonds. The lowest BCUT2D eigenvalue weighted by atomic mass is 9.94. The van der Waals surface area contributed by atoms with E-state index >= 15 is 0 Å². The van der Waals surface area contributed by atoms with Crippen LogP contribution in [0.2, 0.25) is 5.02 Å². The number of carbonyl (C=O) groups is 1. The van der Waals surface area contributed by atoms with Crippen LogP contribution in [0.4, 0.5) is 5.69 Å². The Morgan fingerprint density at radius 2 is 1.93 bits per heavy atom. The van der Waals surface area contributed by atoms with E-state index in [0.717, 1.165) is 24.2 Å². The third kappa shape index (κ3) is 4.71. The number of allylic oxidation sites excluding steroid dienone is 1. The Bertz CT molecular complexity index is 910. The summed E-state index contributed by atoms with van der Waals surface area (Å²) < 4.78 is 6.07. The number of benzene rings is 2. The molecular formula is C25H29ClN2O2. The van der Waals surface area contributed by atoms with Gasteiger partial charge in [0.15, 0.2) is 6.10 Å². The second-order valence-corrected chi connectivity index (χ2v) is 8.55. The number of anilines is 1. The van der Waals surface area contributed by atoms with Crippen LogP contribution in [0.25, 0.3) is 0 Å². The van der Waals surface area contributed by atoms with Crippen molar-refractivity contribution in [1.82, 2.24) is 5.32 Å². The first-order chi connectivity index (χ1) is 14.6. The van der Waals surface area contributed by atoms with Crippen LogP contribution in [-0.4, -0.2) is 31.1 Å². The molecule has 1 fully saturated rings. The Morgan fingerprint density at radius 1 is 1.13 bits per heavy atom. The Balaban J connectivity index is 1.43. The van der Waals surface area contributed by atoms with Gasteiger partial charge in [-0.1, -0.05) is 41.4 Å². The summed E-state index contributed by atoms with van der Waals surface area (Å²) in [5.74, 6) is 0.667. The number of halogens is 1. The minimum absolute atomic E-state index is 0.000962. The van der Waals surface area contributed by atoms with Gasteiger partial charge < -0.3 is 15.0 Å². The maximum absolute atomic E-state index is 13.0. The lowest BCUT2D eigenvalue weighted by Crippen LogP contribution is -2.70. The van der Waals surface area contributed by atoms with E-state index in [0.29, 0.717) is 17.3 Å². The van der Waals surface area contributed by atoms with Crippen LogP contribution in [0, 0.1) is 6.92 Å². The Labute approximate surface area is 183 Å². The molecule has 5 heteroatoms. The number of hydrogen-bond acceptors (Lipinski definition) is 3. The fourth-order valence-electron chi connectivity index (χ4n) is 4.27. The van der Waals surface area contributed by atoms with Crippen LogP contribution in [-0.2, 0) is 4.79 Å². The minimum Gasteiger partial charge on any atom is -0.478 e. The number of ether oxygens (including phenoxy) is 1. The summed E-state index contributed by atoms with van der Waals surface area (Å²) in [6, 6.07) is 15.2. The molecule has 4 nitrogen and oxygen atoms in total. The van der Waals surface area contributed by atoms with E-state index in [1.807, 2.05) is 48.2 Å². The highest BCUT2D eigenvalue weighted by atomic mass is 35.5. The molecule has 2 atom stereocenters. The fourth-order valence-corrected chi connectivity index (χ4v) is 4.39. The van der Waals surface area contributed by atoms with E-state index < -0.39 is 6.10 Å². The van der Waals surface area contributed by atoms with Crippen molar-refractivity contribution < 1.29 is 9.53 Å². The van der Waals surface area contributed by atoms with Crippen LogP contribution in [0.1, 0.15) is 37.7 Å². The van der Waals surface area contributed by atoms with E-state index in [9.17, 15) is 4.79 Å². The molecule has 1 N–H and O–H groups in total. The van der Waals surface area contributed by atoms with Crippen LogP contribution in [0.3, 0.4) is 0 Å². The Hall–Kier alpha value is -2.30. The molecule has 1 saturated heterocycles. The Kier molecular flexibility index (Phi) is 6.76. The molecule has 0 spiro atoms. The maximum Gasteiger partial charge on any atom is 0.270 e. The minimum atomic E-state index is -0.493. The monoisotopic (exact) mass is 424 g/mol. The second-order valence-electron chi connectivity index (χ2n) is 8.12. The lowest BCUT2D eigenvalue weighted by molar-refractivity contribution is -0.134. The van der Waals surface area contributed by atoms with E-state index in [4.69, 9.17) is 16.3 Å². The standard InChI is InChI=1S/C25H29ClN2O2/c1-18-7-5-6-10-22(18)28-23(17-27-16-15-19-8-3-2-4-9-19)24(25(28)29)30-21-13-11-20(26)12-14-21/h5-8,10-14,23-24,27H,2-4,9,15-17H2,1H3/t23-,24-/m0/s1. The molecule has 2 aromatic rings. The van der Waals surface area contributed by atoms with Crippen molar-refractivity contribution in [3.63, 3.8) is 0 Å². The fraction of sp³-hybridized carbons (Fsp3) is 0.400. The Morgan fingerprint density at radius 3 is 2.67 bits per heavy atom. The predicted molar refractivity (Wildman–Crippen MR) is 122 cm³/mol. The summed E-state index contributed by atoms with van der Waals surface area (Å²) in [6.07, 6.45) is 8.04. The van der Waals surface area contributed by atoms with E-state index in [1.165, 1.54) is 25.7 Å². The zero-order valence-electron chi connectivity index (χ0n) is 17.4. The largest absolute Gasteiger partial charge is 0.478 e. The van der Waals surface area contributed by atoms with E-state index in [1.54, 1.807) is 17.7 Å². The van der Waals surface area contributed by atoms with Gasteiger partial charge in [-0.2, -0.15) is 0 Å². The number of rotatable bonds is 8. The molecule has 0 saturated carbocycles. The van der Waals surface area contributed by atoms with E-state index in [-0.39, 0.29) is 11.9 Å². The number of para-hydroxylation sites is 1. The summed E-state index contributed by atoms with van der Waals surface area (Å²) in [5, 5.41) is 4.22. The molecule has 0 unspecified atom stereocenters. The van der Waals surface area contributed by atoms with Gasteiger partial charge >= 0.3 is 0 Å². The number of aryl methyl sites for hydroxylation is 1. The number of hydrogen-bond donors (Lipinski definition) is 1. The molecule has 0 bridgehead atoms. The molecule has 0 aromatic heterocycles. The molecule has 4 rings (SSSR count). The lowest BCUT2D eigenvalue weighted by Gasteiger charge is -2.47. The van der Waals surface area contributed by atoms with Gasteiger partial charge in [0.25, 0.3) is 5.91 Å². The number of amides is 1. The van der Waals surface area contributed by atoms with Gasteiger partial charge in [0.2, 0.25) is 0 Å². The molecule has 158 valence electrons. The zero-order chi connectivity index (χ0) is 20.9. The normalized spacial score (nSPS) is 21.2. The van der Waals surface area contributed by atoms with Crippen molar-refractivity contribution in [1.29, 1.82) is 0 Å². The number of nitrogens with one attached hydrogen (secondary N) is 1. The average molecular weight is 425 g/mol. The van der Waals surface area contributed by atoms with Crippen molar-refractivity contribution in [2.24, 2.45) is 0 Å². The van der Waals surface area contributed by atoms with Gasteiger partial charge in [0.05, 0.1) is 6.04 Å². The molecule has 2 aliphatic rings. The molecule has 1 aliphatic carbocycles. The second kappa shape index (κ2) is 9.67. The summed E-state index contributed by atoms with van der Waals surface area (Å²) in [7, 11) is 0. The molecule has 1 aliphatic heterocycles. The number of nitrogens with zero attached hydrogens (tertiary/aromatic N) is 1. The summed E-state index contributed by atoms with van der Waals surface area (Å²) in [4.78, 5) is 14.9. The zero-order valence-corrected chi connectivity index (χ0v) is 18.2. The predicted octanol–water partition coefficient (Wildman–Crippen LogP) is 5.29. The van der Waals surface area contributed by atoms with Gasteiger partial charge in [-0.25, -0.2) is 0 Å². The molecule has 1 heterocycles. The van der Waals surface area contributed by atoms with Gasteiger partial charge in [-0.05, 0) is 81.5 Å². The first-order valence-corrected chi connectivity index (χ1v) is 11.2. The summed E-state index contributed by atoms with van der Waals surface area (Å²) >= 11 is 5.98. The summed E-state index contributed by atoms with van der Waals surface area (Å²) in [6.45, 7) is 3.66. The third-order valence-corrected chi connectivity index (χ3v) is 6.23. The van der Waals surface area contributed by atoms with E-state index in [2.05, 4.69) is 11.4 Å². The van der Waals surface area contributed by atoms with Crippen LogP contribution in [0.5, 0.6) is 5.75 Å². The average Bonchev–Trinajstić information content (AvgIpc) is 2.77. The topological polar surface area (TPSA) is 41.6 Å². The van der Waals surface area contributed by atoms with Crippen LogP contribution in [0.15, 0.2) is 60.2 Å². The van der Waals surface area contributed by atoms with Crippen molar-refractivity contribution in [3.8, 4) is 5.75 Å². The first-order valence-electron chi connectivity index (χ1n) is 10.8. The molecule has 2 aromatic carbocycles. The van der Waals surface area contributed by atoms with Crippen molar-refractivity contribution >= 4 is 23.2 Å². The molecule has 30 heavy (non-hydrogen) atoms. The maximum atomic E-state index is 13.0. The van der Waals surface area contributed by atoms with Crippen LogP contribution < -0.4 is 15.0 Å². The number of carbonyl (C=O) groups excluding carboxylic acids is 1. The van der Waals surface area contributed by atoms with Gasteiger partial charge in [0, 0.05) is 17.3 Å². The third-order valence-electron chi connectivity index (χ3n) is 5.98. The van der Waals surface area contributed by atoms with Crippen molar-refractivity contribution in [2.75, 3.05) is 18.0 Å². The quantitative estimate of drug-likeness (QED) is 0.355. The summed E-state index contributed by atoms with van der Waals surface area (Å²) in [5.41, 5.74) is 3.61. The first kappa shape index (κ1) is 21.0. The van der Waals surface area contributed by atoms with Gasteiger partial charge in [-0.15, -0.1) is 0 Å². The highest BCUT2D eigenvalue weighted by molar-refractivity contribution is 6.30. The number of β-lactam (4-membered cyclic amide) rings is 1. The van der Waals surface area contributed by atoms with Crippen molar-refractivity contribution in [2.45, 2.75) is 51.2 Å². The van der Waals surface area contributed by atoms with Crippen LogP contribution >= 0.6 is 11.6 Å². The SMILES string of the molecule is Cc1ccccc1N1C(=O)[C@@H](Oc2ccc(Cl)cc2)[C@@H]1CNCCC1=CCCCC1. The van der Waals surface area contributed by atoms with Gasteiger partial charge in [0.1, 0.15) is 5.75 Å². The molecule has 0 radical (unpaired) electrons. The molecular weight excluding hydrogens is 396 g/mol.